The molecule has 1 rings (SSSR count). The zero-order chi connectivity index (χ0) is 15.3. The predicted octanol–water partition coefficient (Wildman–Crippen LogP) is 0.0934. The van der Waals surface area contributed by atoms with Gasteiger partial charge in [-0.15, -0.1) is 0 Å². The Morgan fingerprint density at radius 1 is 1.35 bits per heavy atom. The lowest BCUT2D eigenvalue weighted by molar-refractivity contribution is 0.0591. The summed E-state index contributed by atoms with van der Waals surface area (Å²) in [5, 5.41) is 3.19. The smallest absolute Gasteiger partial charge is 0.358 e. The Kier molecular flexibility index (Phi) is 5.60. The fourth-order valence-corrected chi connectivity index (χ4v) is 2.62. The van der Waals surface area contributed by atoms with Crippen molar-refractivity contribution >= 4 is 38.2 Å². The highest BCUT2D eigenvalue weighted by Crippen LogP contribution is 2.24. The normalized spacial score (nSPS) is 11.2. The average molecular weight is 321 g/mol. The number of methoxy groups -OCH3 is 1. The van der Waals surface area contributed by atoms with E-state index in [2.05, 4.69) is 19.8 Å². The van der Waals surface area contributed by atoms with Crippen LogP contribution in [0, 0.1) is 0 Å². The van der Waals surface area contributed by atoms with Crippen LogP contribution in [0.2, 0.25) is 0 Å². The molecule has 0 radical (unpaired) electrons. The van der Waals surface area contributed by atoms with Crippen molar-refractivity contribution in [2.24, 2.45) is 0 Å². The third-order valence-corrected chi connectivity index (χ3v) is 3.93. The number of sulfonamides is 1. The van der Waals surface area contributed by atoms with Gasteiger partial charge in [0.1, 0.15) is 4.88 Å². The van der Waals surface area contributed by atoms with Crippen molar-refractivity contribution in [1.82, 2.24) is 9.71 Å². The first-order valence-corrected chi connectivity index (χ1v) is 8.24. The van der Waals surface area contributed by atoms with Crippen LogP contribution in [0.15, 0.2) is 0 Å². The van der Waals surface area contributed by atoms with Crippen molar-refractivity contribution in [3.8, 4) is 0 Å². The summed E-state index contributed by atoms with van der Waals surface area (Å²) >= 11 is 1.02. The van der Waals surface area contributed by atoms with Gasteiger partial charge in [-0.25, -0.2) is 22.9 Å². The first kappa shape index (κ1) is 16.5. The first-order chi connectivity index (χ1) is 9.24. The minimum absolute atomic E-state index is 0.0384. The number of esters is 1. The Bertz CT molecular complexity index is 608. The third-order valence-electron chi connectivity index (χ3n) is 2.09. The van der Waals surface area contributed by atoms with Gasteiger partial charge in [-0.1, -0.05) is 11.3 Å². The lowest BCUT2D eigenvalue weighted by Gasteiger charge is -2.02. The second kappa shape index (κ2) is 6.77. The summed E-state index contributed by atoms with van der Waals surface area (Å²) in [4.78, 5) is 27.0. The van der Waals surface area contributed by atoms with E-state index in [1.807, 2.05) is 0 Å². The molecular weight excluding hydrogens is 306 g/mol. The van der Waals surface area contributed by atoms with E-state index in [-0.39, 0.29) is 29.4 Å². The second-order valence-corrected chi connectivity index (χ2v) is 6.67. The van der Waals surface area contributed by atoms with Gasteiger partial charge in [0, 0.05) is 20.0 Å². The molecule has 0 fully saturated rings. The second-order valence-electron chi connectivity index (χ2n) is 3.84. The fourth-order valence-electron chi connectivity index (χ4n) is 1.28. The van der Waals surface area contributed by atoms with Crippen molar-refractivity contribution in [3.05, 3.63) is 10.6 Å². The van der Waals surface area contributed by atoms with Crippen molar-refractivity contribution in [3.63, 3.8) is 0 Å². The SMILES string of the molecule is COC(=O)c1nc(NCCNS(C)(=O)=O)sc1C(C)=O. The maximum atomic E-state index is 11.5. The molecule has 1 aromatic rings. The molecule has 0 unspecified atom stereocenters. The molecule has 1 aromatic heterocycles. The predicted molar refractivity (Wildman–Crippen MR) is 74.8 cm³/mol. The standard InChI is InChI=1S/C10H15N3O5S2/c1-6(14)8-7(9(15)18-2)13-10(19-8)11-4-5-12-20(3,16)17/h12H,4-5H2,1-3H3,(H,11,13). The summed E-state index contributed by atoms with van der Waals surface area (Å²) in [7, 11) is -2.04. The van der Waals surface area contributed by atoms with Gasteiger partial charge in [-0.05, 0) is 0 Å². The number of hydrogen-bond donors (Lipinski definition) is 2. The molecule has 0 aliphatic carbocycles. The molecule has 1 heterocycles. The molecule has 0 aliphatic rings. The third kappa shape index (κ3) is 4.87. The molecule has 2 N–H and O–H groups in total. The highest BCUT2D eigenvalue weighted by atomic mass is 32.2. The van der Waals surface area contributed by atoms with E-state index in [0.717, 1.165) is 17.6 Å². The number of aromatic nitrogens is 1. The Balaban J connectivity index is 2.72. The highest BCUT2D eigenvalue weighted by Gasteiger charge is 2.21. The minimum Gasteiger partial charge on any atom is -0.464 e. The van der Waals surface area contributed by atoms with Gasteiger partial charge in [-0.2, -0.15) is 0 Å². The molecule has 8 nitrogen and oxygen atoms in total. The Hall–Kier alpha value is -1.52. The number of carbonyl (C=O) groups excluding carboxylic acids is 2. The van der Waals surface area contributed by atoms with Crippen LogP contribution in [0.25, 0.3) is 0 Å². The van der Waals surface area contributed by atoms with Crippen LogP contribution in [0.5, 0.6) is 0 Å². The molecule has 10 heteroatoms. The molecule has 0 spiro atoms. The summed E-state index contributed by atoms with van der Waals surface area (Å²) in [6, 6.07) is 0. The largest absolute Gasteiger partial charge is 0.464 e. The van der Waals surface area contributed by atoms with Crippen LogP contribution in [0.4, 0.5) is 5.13 Å². The molecule has 0 bridgehead atoms. The summed E-state index contributed by atoms with van der Waals surface area (Å²) < 4.78 is 28.6. The van der Waals surface area contributed by atoms with Crippen LogP contribution in [-0.4, -0.2) is 51.6 Å². The first-order valence-electron chi connectivity index (χ1n) is 5.53. The van der Waals surface area contributed by atoms with E-state index < -0.39 is 16.0 Å². The number of hydrogen-bond acceptors (Lipinski definition) is 8. The number of thiazole rings is 1. The molecule has 20 heavy (non-hydrogen) atoms. The maximum absolute atomic E-state index is 11.5. The van der Waals surface area contributed by atoms with Crippen LogP contribution in [-0.2, 0) is 14.8 Å². The number of ketones is 1. The summed E-state index contributed by atoms with van der Waals surface area (Å²) in [6.07, 6.45) is 1.06. The van der Waals surface area contributed by atoms with Crippen molar-refractivity contribution in [2.75, 3.05) is 31.8 Å². The number of rotatable bonds is 7. The molecule has 0 aromatic carbocycles. The Morgan fingerprint density at radius 3 is 2.50 bits per heavy atom. The van der Waals surface area contributed by atoms with E-state index in [0.29, 0.717) is 5.13 Å². The maximum Gasteiger partial charge on any atom is 0.358 e. The van der Waals surface area contributed by atoms with Gasteiger partial charge < -0.3 is 10.1 Å². The van der Waals surface area contributed by atoms with Crippen LogP contribution >= 0.6 is 11.3 Å². The lowest BCUT2D eigenvalue weighted by Crippen LogP contribution is -2.27. The molecular formula is C10H15N3O5S2. The van der Waals surface area contributed by atoms with Gasteiger partial charge in [0.05, 0.1) is 13.4 Å². The van der Waals surface area contributed by atoms with Gasteiger partial charge in [0.2, 0.25) is 10.0 Å². The van der Waals surface area contributed by atoms with E-state index in [9.17, 15) is 18.0 Å². The number of ether oxygens (including phenoxy) is 1. The average Bonchev–Trinajstić information content (AvgIpc) is 2.77. The summed E-state index contributed by atoms with van der Waals surface area (Å²) in [5.74, 6) is -0.973. The molecule has 0 saturated carbocycles. The van der Waals surface area contributed by atoms with Gasteiger partial charge in [0.15, 0.2) is 16.6 Å². The number of Topliss-reactive ketones (excluding diaryl/α,β-unsaturated/α-hetero) is 1. The van der Waals surface area contributed by atoms with Crippen molar-refractivity contribution in [1.29, 1.82) is 0 Å². The van der Waals surface area contributed by atoms with Crippen molar-refractivity contribution in [2.45, 2.75) is 6.92 Å². The molecule has 0 saturated heterocycles. The van der Waals surface area contributed by atoms with Crippen LogP contribution < -0.4 is 10.0 Å². The molecule has 0 amide bonds. The zero-order valence-corrected chi connectivity index (χ0v) is 12.9. The van der Waals surface area contributed by atoms with E-state index in [4.69, 9.17) is 0 Å². The summed E-state index contributed by atoms with van der Waals surface area (Å²) in [5.41, 5.74) is -0.0384. The zero-order valence-electron chi connectivity index (χ0n) is 11.2. The van der Waals surface area contributed by atoms with Gasteiger partial charge in [0.25, 0.3) is 0 Å². The van der Waals surface area contributed by atoms with Crippen LogP contribution in [0.1, 0.15) is 27.1 Å². The van der Waals surface area contributed by atoms with Crippen molar-refractivity contribution < 1.29 is 22.7 Å². The molecule has 0 atom stereocenters. The molecule has 0 aliphatic heterocycles. The van der Waals surface area contributed by atoms with Crippen LogP contribution in [0.3, 0.4) is 0 Å². The monoisotopic (exact) mass is 321 g/mol. The highest BCUT2D eigenvalue weighted by molar-refractivity contribution is 7.88. The molecule has 112 valence electrons. The Labute approximate surface area is 120 Å². The summed E-state index contributed by atoms with van der Waals surface area (Å²) in [6.45, 7) is 1.77. The number of anilines is 1. The van der Waals surface area contributed by atoms with Gasteiger partial charge in [-0.3, -0.25) is 4.79 Å². The van der Waals surface area contributed by atoms with E-state index >= 15 is 0 Å². The lowest BCUT2D eigenvalue weighted by atomic mass is 10.3. The van der Waals surface area contributed by atoms with E-state index in [1.54, 1.807) is 0 Å². The number of carbonyl (C=O) groups is 2. The van der Waals surface area contributed by atoms with Gasteiger partial charge >= 0.3 is 5.97 Å². The Morgan fingerprint density at radius 2 is 2.00 bits per heavy atom. The minimum atomic E-state index is -3.25. The number of nitrogens with one attached hydrogen (secondary N) is 2. The topological polar surface area (TPSA) is 114 Å². The quantitative estimate of drug-likeness (QED) is 0.415. The number of nitrogens with zero attached hydrogens (tertiary/aromatic N) is 1. The fraction of sp³-hybridized carbons (Fsp3) is 0.500. The van der Waals surface area contributed by atoms with E-state index in [1.165, 1.54) is 14.0 Å².